The fourth-order valence-corrected chi connectivity index (χ4v) is 7.69. The molecule has 7 aromatic carbocycles. The predicted molar refractivity (Wildman–Crippen MR) is 213 cm³/mol. The summed E-state index contributed by atoms with van der Waals surface area (Å²) in [5.74, 6) is 0.851. The molecule has 253 valence electrons. The zero-order valence-corrected chi connectivity index (χ0v) is 31.7. The van der Waals surface area contributed by atoms with E-state index in [2.05, 4.69) is 200 Å². The summed E-state index contributed by atoms with van der Waals surface area (Å²) in [4.78, 5) is 5.52. The fourth-order valence-electron chi connectivity index (χ4n) is 7.69. The predicted octanol–water partition coefficient (Wildman–Crippen LogP) is 12.4. The Hall–Kier alpha value is -5.80. The van der Waals surface area contributed by atoms with Gasteiger partial charge in [-0.2, -0.15) is 0 Å². The van der Waals surface area contributed by atoms with E-state index < -0.39 is 0 Å². The van der Waals surface area contributed by atoms with Gasteiger partial charge in [0.05, 0.1) is 17.2 Å². The van der Waals surface area contributed by atoms with E-state index in [1.807, 2.05) is 0 Å². The average molecular weight is 847 g/mol. The molecule has 9 rings (SSSR count). The number of nitrogens with zero attached hydrogens (tertiary/aromatic N) is 3. The van der Waals surface area contributed by atoms with Gasteiger partial charge >= 0.3 is 0 Å². The van der Waals surface area contributed by atoms with Crippen molar-refractivity contribution in [2.75, 3.05) is 0 Å². The second-order valence-electron chi connectivity index (χ2n) is 13.4. The second kappa shape index (κ2) is 13.7. The minimum Gasteiger partial charge on any atom is -0.351 e. The van der Waals surface area contributed by atoms with Gasteiger partial charge in [-0.05, 0) is 89.8 Å². The summed E-state index contributed by atoms with van der Waals surface area (Å²) < 4.78 is 4.65. The van der Waals surface area contributed by atoms with E-state index in [1.54, 1.807) is 0 Å². The normalized spacial score (nSPS) is 11.2. The summed E-state index contributed by atoms with van der Waals surface area (Å²) in [6, 6.07) is 59.9. The summed E-state index contributed by atoms with van der Waals surface area (Å²) in [6.45, 7) is 6.53. The number of hydrogen-bond acceptors (Lipinski definition) is 1. The molecule has 3 nitrogen and oxygen atoms in total. The van der Waals surface area contributed by atoms with Gasteiger partial charge < -0.3 is 9.13 Å². The summed E-state index contributed by atoms with van der Waals surface area (Å²) >= 11 is 0. The summed E-state index contributed by atoms with van der Waals surface area (Å²) in [5, 5.41) is 2.37. The maximum Gasteiger partial charge on any atom is 0.0777 e. The Balaban J connectivity index is 0.00000387. The van der Waals surface area contributed by atoms with Crippen molar-refractivity contribution in [3.8, 4) is 56.3 Å². The molecule has 9 aromatic rings. The van der Waals surface area contributed by atoms with E-state index in [-0.39, 0.29) is 20.1 Å². The van der Waals surface area contributed by atoms with Gasteiger partial charge in [0, 0.05) is 54.2 Å². The van der Waals surface area contributed by atoms with Crippen LogP contribution in [0.15, 0.2) is 164 Å². The van der Waals surface area contributed by atoms with Crippen LogP contribution in [0.1, 0.15) is 16.7 Å². The third-order valence-corrected chi connectivity index (χ3v) is 9.97. The van der Waals surface area contributed by atoms with Crippen molar-refractivity contribution >= 4 is 21.8 Å². The standard InChI is InChI=1S/C48H36N3.Ir/c1-32-28-40(35-18-7-4-8-19-35)47(41(29-32)36-20-9-5-10-21-36)50-31-43(46-33(2)16-15-17-34(46)3)49-48(50)37-26-27-45-42(30-37)39-24-13-14-25-44(39)51(45)38-22-11-6-12-23-38;/h4-25,27-31H,1-3H3;/q-1;. The number of aromatic nitrogens is 3. The molecule has 0 spiro atoms. The molecule has 0 saturated carbocycles. The van der Waals surface area contributed by atoms with Crippen LogP contribution in [0, 0.1) is 26.8 Å². The molecule has 0 N–H and O–H groups in total. The number of hydrogen-bond donors (Lipinski definition) is 0. The van der Waals surface area contributed by atoms with Crippen molar-refractivity contribution in [1.29, 1.82) is 0 Å². The number of benzene rings is 7. The Morgan fingerprint density at radius 1 is 0.558 bits per heavy atom. The van der Waals surface area contributed by atoms with Crippen LogP contribution < -0.4 is 0 Å². The maximum atomic E-state index is 5.52. The average Bonchev–Trinajstić information content (AvgIpc) is 3.75. The van der Waals surface area contributed by atoms with Gasteiger partial charge in [-0.25, -0.2) is 0 Å². The number of aryl methyl sites for hydroxylation is 3. The van der Waals surface area contributed by atoms with Gasteiger partial charge in [-0.1, -0.05) is 121 Å². The smallest absolute Gasteiger partial charge is 0.0777 e. The molecule has 52 heavy (non-hydrogen) atoms. The molecule has 0 aliphatic heterocycles. The number of imidazole rings is 1. The van der Waals surface area contributed by atoms with Crippen molar-refractivity contribution in [3.05, 3.63) is 187 Å². The molecule has 2 heterocycles. The topological polar surface area (TPSA) is 22.8 Å². The summed E-state index contributed by atoms with van der Waals surface area (Å²) in [5.41, 5.74) is 15.8. The molecular weight excluding hydrogens is 811 g/mol. The Labute approximate surface area is 318 Å². The first-order chi connectivity index (χ1) is 25.0. The quantitative estimate of drug-likeness (QED) is 0.153. The first-order valence-electron chi connectivity index (χ1n) is 17.5. The Morgan fingerprint density at radius 2 is 1.13 bits per heavy atom. The first kappa shape index (κ1) is 33.3. The molecule has 0 atom stereocenters. The second-order valence-corrected chi connectivity index (χ2v) is 13.4. The number of para-hydroxylation sites is 2. The van der Waals surface area contributed by atoms with Crippen LogP contribution in [0.3, 0.4) is 0 Å². The largest absolute Gasteiger partial charge is 0.351 e. The molecule has 0 fully saturated rings. The zero-order chi connectivity index (χ0) is 34.5. The molecule has 4 heteroatoms. The van der Waals surface area contributed by atoms with E-state index in [0.717, 1.165) is 61.8 Å². The van der Waals surface area contributed by atoms with Crippen LogP contribution in [0.25, 0.3) is 78.1 Å². The van der Waals surface area contributed by atoms with Crippen molar-refractivity contribution in [2.45, 2.75) is 20.8 Å². The molecule has 1 radical (unpaired) electrons. The molecule has 0 unspecified atom stereocenters. The molecule has 0 saturated heterocycles. The van der Waals surface area contributed by atoms with Crippen molar-refractivity contribution < 1.29 is 20.1 Å². The van der Waals surface area contributed by atoms with E-state index in [9.17, 15) is 0 Å². The Morgan fingerprint density at radius 3 is 1.77 bits per heavy atom. The number of rotatable bonds is 6. The fraction of sp³-hybridized carbons (Fsp3) is 0.0625. The third-order valence-electron chi connectivity index (χ3n) is 9.97. The van der Waals surface area contributed by atoms with Crippen LogP contribution in [-0.4, -0.2) is 14.1 Å². The van der Waals surface area contributed by atoms with Gasteiger partial charge in [0.15, 0.2) is 0 Å². The molecule has 0 bridgehead atoms. The van der Waals surface area contributed by atoms with Crippen molar-refractivity contribution in [3.63, 3.8) is 0 Å². The maximum absolute atomic E-state index is 5.52. The molecule has 0 amide bonds. The zero-order valence-electron chi connectivity index (χ0n) is 29.3. The van der Waals surface area contributed by atoms with E-state index in [4.69, 9.17) is 4.98 Å². The van der Waals surface area contributed by atoms with Crippen molar-refractivity contribution in [2.24, 2.45) is 0 Å². The molecule has 0 aliphatic carbocycles. The van der Waals surface area contributed by atoms with Gasteiger partial charge in [0.1, 0.15) is 0 Å². The SMILES string of the molecule is Cc1cc(-c2ccccc2)c(-n2cc(-c3c(C)cccc3C)nc2-c2[c-]cc3c(c2)c2ccccc2n3-c2ccccc2)c(-c2ccccc2)c1.[Ir]. The van der Waals surface area contributed by atoms with E-state index >= 15 is 0 Å². The van der Waals surface area contributed by atoms with Crippen LogP contribution >= 0.6 is 0 Å². The third kappa shape index (κ3) is 5.71. The van der Waals surface area contributed by atoms with Crippen molar-refractivity contribution in [1.82, 2.24) is 14.1 Å². The monoisotopic (exact) mass is 847 g/mol. The van der Waals surface area contributed by atoms with Gasteiger partial charge in [-0.15, -0.1) is 23.8 Å². The van der Waals surface area contributed by atoms with Gasteiger partial charge in [-0.3, -0.25) is 4.98 Å². The minimum atomic E-state index is 0. The van der Waals surface area contributed by atoms with E-state index in [1.165, 1.54) is 33.0 Å². The minimum absolute atomic E-state index is 0. The van der Waals surface area contributed by atoms with Gasteiger partial charge in [0.2, 0.25) is 0 Å². The summed E-state index contributed by atoms with van der Waals surface area (Å²) in [6.07, 6.45) is 2.24. The van der Waals surface area contributed by atoms with E-state index in [0.29, 0.717) is 0 Å². The van der Waals surface area contributed by atoms with Crippen LogP contribution in [0.2, 0.25) is 0 Å². The molecule has 2 aromatic heterocycles. The van der Waals surface area contributed by atoms with Crippen LogP contribution in [0.4, 0.5) is 0 Å². The molecular formula is C48H36IrN3-. The van der Waals surface area contributed by atoms with Crippen LogP contribution in [0.5, 0.6) is 0 Å². The molecule has 0 aliphatic rings. The Kier molecular flexibility index (Phi) is 8.80. The van der Waals surface area contributed by atoms with Crippen LogP contribution in [-0.2, 0) is 20.1 Å². The summed E-state index contributed by atoms with van der Waals surface area (Å²) in [7, 11) is 0. The Bertz CT molecular complexity index is 2620. The van der Waals surface area contributed by atoms with Gasteiger partial charge in [0.25, 0.3) is 0 Å². The first-order valence-corrected chi connectivity index (χ1v) is 17.5. The number of fused-ring (bicyclic) bond motifs is 3.